The highest BCUT2D eigenvalue weighted by Gasteiger charge is 2.06. The van der Waals surface area contributed by atoms with Crippen molar-refractivity contribution in [1.82, 2.24) is 0 Å². The number of hydrogen-bond acceptors (Lipinski definition) is 2. The SMILES string of the molecule is CCCCOCC(C)C(C)N. The van der Waals surface area contributed by atoms with Gasteiger partial charge in [-0.2, -0.15) is 0 Å². The summed E-state index contributed by atoms with van der Waals surface area (Å²) in [5.74, 6) is 0.479. The molecule has 2 unspecified atom stereocenters. The molecule has 0 aromatic rings. The summed E-state index contributed by atoms with van der Waals surface area (Å²) in [6.07, 6.45) is 2.36. The highest BCUT2D eigenvalue weighted by atomic mass is 16.5. The van der Waals surface area contributed by atoms with E-state index in [9.17, 15) is 0 Å². The van der Waals surface area contributed by atoms with Gasteiger partial charge in [0.1, 0.15) is 0 Å². The lowest BCUT2D eigenvalue weighted by Crippen LogP contribution is -2.27. The zero-order chi connectivity index (χ0) is 8.69. The molecule has 0 aliphatic heterocycles. The van der Waals surface area contributed by atoms with Crippen molar-refractivity contribution in [2.24, 2.45) is 11.7 Å². The van der Waals surface area contributed by atoms with E-state index < -0.39 is 0 Å². The third-order valence-corrected chi connectivity index (χ3v) is 1.92. The molecule has 0 rings (SSSR count). The van der Waals surface area contributed by atoms with Crippen molar-refractivity contribution in [3.05, 3.63) is 0 Å². The van der Waals surface area contributed by atoms with Crippen molar-refractivity contribution in [2.45, 2.75) is 39.7 Å². The van der Waals surface area contributed by atoms with Crippen LogP contribution < -0.4 is 5.73 Å². The van der Waals surface area contributed by atoms with E-state index in [0.717, 1.165) is 19.6 Å². The average Bonchev–Trinajstić information content (AvgIpc) is 1.97. The van der Waals surface area contributed by atoms with Crippen molar-refractivity contribution < 1.29 is 4.74 Å². The monoisotopic (exact) mass is 159 g/mol. The molecule has 0 saturated carbocycles. The summed E-state index contributed by atoms with van der Waals surface area (Å²) in [7, 11) is 0. The number of nitrogens with two attached hydrogens (primary N) is 1. The van der Waals surface area contributed by atoms with Crippen LogP contribution in [0.4, 0.5) is 0 Å². The molecule has 0 aliphatic carbocycles. The number of rotatable bonds is 6. The van der Waals surface area contributed by atoms with Crippen molar-refractivity contribution in [3.63, 3.8) is 0 Å². The van der Waals surface area contributed by atoms with Crippen LogP contribution >= 0.6 is 0 Å². The van der Waals surface area contributed by atoms with Crippen LogP contribution in [0, 0.1) is 5.92 Å². The minimum absolute atomic E-state index is 0.247. The van der Waals surface area contributed by atoms with E-state index in [2.05, 4.69) is 13.8 Å². The number of hydrogen-bond donors (Lipinski definition) is 1. The molecule has 0 bridgehead atoms. The Kier molecular flexibility index (Phi) is 6.57. The summed E-state index contributed by atoms with van der Waals surface area (Å²) in [5, 5.41) is 0. The van der Waals surface area contributed by atoms with Crippen molar-refractivity contribution in [2.75, 3.05) is 13.2 Å². The third-order valence-electron chi connectivity index (χ3n) is 1.92. The van der Waals surface area contributed by atoms with Gasteiger partial charge in [0, 0.05) is 12.6 Å². The topological polar surface area (TPSA) is 35.2 Å². The van der Waals surface area contributed by atoms with Gasteiger partial charge in [-0.1, -0.05) is 20.3 Å². The van der Waals surface area contributed by atoms with Gasteiger partial charge in [-0.3, -0.25) is 0 Å². The standard InChI is InChI=1S/C9H21NO/c1-4-5-6-11-7-8(2)9(3)10/h8-9H,4-7,10H2,1-3H3. The molecule has 0 aromatic heterocycles. The predicted molar refractivity (Wildman–Crippen MR) is 48.5 cm³/mol. The van der Waals surface area contributed by atoms with E-state index in [4.69, 9.17) is 10.5 Å². The average molecular weight is 159 g/mol. The van der Waals surface area contributed by atoms with Crippen LogP contribution in [0.1, 0.15) is 33.6 Å². The molecule has 11 heavy (non-hydrogen) atoms. The molecular weight excluding hydrogens is 138 g/mol. The fourth-order valence-corrected chi connectivity index (χ4v) is 0.667. The van der Waals surface area contributed by atoms with Crippen molar-refractivity contribution >= 4 is 0 Å². The second-order valence-electron chi connectivity index (χ2n) is 3.26. The lowest BCUT2D eigenvalue weighted by Gasteiger charge is -2.14. The van der Waals surface area contributed by atoms with Gasteiger partial charge in [-0.05, 0) is 19.3 Å². The quantitative estimate of drug-likeness (QED) is 0.600. The molecule has 0 amide bonds. The van der Waals surface area contributed by atoms with Crippen molar-refractivity contribution in [1.29, 1.82) is 0 Å². The highest BCUT2D eigenvalue weighted by Crippen LogP contribution is 2.00. The first kappa shape index (κ1) is 10.9. The number of ether oxygens (including phenoxy) is 1. The first-order chi connectivity index (χ1) is 5.18. The van der Waals surface area contributed by atoms with Gasteiger partial charge in [0.05, 0.1) is 6.61 Å². The van der Waals surface area contributed by atoms with Crippen LogP contribution in [0.5, 0.6) is 0 Å². The molecular formula is C9H21NO. The third kappa shape index (κ3) is 6.32. The van der Waals surface area contributed by atoms with Crippen molar-refractivity contribution in [3.8, 4) is 0 Å². The lowest BCUT2D eigenvalue weighted by molar-refractivity contribution is 0.0959. The van der Waals surface area contributed by atoms with Gasteiger partial charge in [0.25, 0.3) is 0 Å². The van der Waals surface area contributed by atoms with E-state index in [-0.39, 0.29) is 6.04 Å². The Bertz CT molecular complexity index is 83.6. The van der Waals surface area contributed by atoms with Gasteiger partial charge >= 0.3 is 0 Å². The fraction of sp³-hybridized carbons (Fsp3) is 1.00. The molecule has 2 heteroatoms. The van der Waals surface area contributed by atoms with Crippen LogP contribution in [0.15, 0.2) is 0 Å². The molecule has 0 fully saturated rings. The first-order valence-corrected chi connectivity index (χ1v) is 4.51. The van der Waals surface area contributed by atoms with Gasteiger partial charge in [0.2, 0.25) is 0 Å². The minimum Gasteiger partial charge on any atom is -0.381 e. The normalized spacial score (nSPS) is 16.4. The van der Waals surface area contributed by atoms with Crippen LogP contribution in [0.2, 0.25) is 0 Å². The lowest BCUT2D eigenvalue weighted by atomic mass is 10.1. The molecule has 2 atom stereocenters. The number of unbranched alkanes of at least 4 members (excludes halogenated alkanes) is 1. The Morgan fingerprint density at radius 1 is 1.36 bits per heavy atom. The van der Waals surface area contributed by atoms with E-state index in [1.54, 1.807) is 0 Å². The Hall–Kier alpha value is -0.0800. The molecule has 0 spiro atoms. The molecule has 68 valence electrons. The van der Waals surface area contributed by atoms with Crippen LogP contribution in [0.25, 0.3) is 0 Å². The predicted octanol–water partition coefficient (Wildman–Crippen LogP) is 1.79. The Labute approximate surface area is 70.1 Å². The summed E-state index contributed by atoms with van der Waals surface area (Å²) in [6.45, 7) is 7.99. The van der Waals surface area contributed by atoms with Crippen LogP contribution in [0.3, 0.4) is 0 Å². The maximum Gasteiger partial charge on any atom is 0.0506 e. The Balaban J connectivity index is 3.10. The van der Waals surface area contributed by atoms with Gasteiger partial charge in [-0.15, -0.1) is 0 Å². The Morgan fingerprint density at radius 2 is 2.00 bits per heavy atom. The zero-order valence-corrected chi connectivity index (χ0v) is 7.97. The summed E-state index contributed by atoms with van der Waals surface area (Å²) in [5.41, 5.74) is 5.67. The van der Waals surface area contributed by atoms with E-state index >= 15 is 0 Å². The second-order valence-corrected chi connectivity index (χ2v) is 3.26. The maximum atomic E-state index is 5.67. The summed E-state index contributed by atoms with van der Waals surface area (Å²) >= 11 is 0. The Morgan fingerprint density at radius 3 is 2.45 bits per heavy atom. The summed E-state index contributed by atoms with van der Waals surface area (Å²) < 4.78 is 5.42. The van der Waals surface area contributed by atoms with Crippen LogP contribution in [-0.4, -0.2) is 19.3 Å². The molecule has 0 saturated heterocycles. The highest BCUT2D eigenvalue weighted by molar-refractivity contribution is 4.61. The van der Waals surface area contributed by atoms with Gasteiger partial charge in [0.15, 0.2) is 0 Å². The molecule has 0 heterocycles. The smallest absolute Gasteiger partial charge is 0.0506 e. The zero-order valence-electron chi connectivity index (χ0n) is 7.97. The second kappa shape index (κ2) is 6.62. The van der Waals surface area contributed by atoms with E-state index in [1.165, 1.54) is 6.42 Å². The maximum absolute atomic E-state index is 5.67. The fourth-order valence-electron chi connectivity index (χ4n) is 0.667. The molecule has 0 aromatic carbocycles. The largest absolute Gasteiger partial charge is 0.381 e. The van der Waals surface area contributed by atoms with Crippen LogP contribution in [-0.2, 0) is 4.74 Å². The first-order valence-electron chi connectivity index (χ1n) is 4.51. The molecule has 2 nitrogen and oxygen atoms in total. The molecule has 0 aliphatic rings. The van der Waals surface area contributed by atoms with Gasteiger partial charge in [-0.25, -0.2) is 0 Å². The minimum atomic E-state index is 0.247. The molecule has 0 radical (unpaired) electrons. The summed E-state index contributed by atoms with van der Waals surface area (Å²) in [4.78, 5) is 0. The molecule has 2 N–H and O–H groups in total. The van der Waals surface area contributed by atoms with E-state index in [1.807, 2.05) is 6.92 Å². The van der Waals surface area contributed by atoms with Gasteiger partial charge < -0.3 is 10.5 Å². The van der Waals surface area contributed by atoms with E-state index in [0.29, 0.717) is 5.92 Å². The summed E-state index contributed by atoms with van der Waals surface area (Å²) in [6, 6.07) is 0.247.